The Hall–Kier alpha value is -1.41. The van der Waals surface area contributed by atoms with Crippen molar-refractivity contribution < 1.29 is 18.4 Å². The van der Waals surface area contributed by atoms with Crippen LogP contribution < -0.4 is 4.74 Å². The van der Waals surface area contributed by atoms with Crippen LogP contribution in [-0.2, 0) is 16.4 Å². The number of rotatable bonds is 7. The summed E-state index contributed by atoms with van der Waals surface area (Å²) in [7, 11) is -2.01. The third kappa shape index (κ3) is 6.80. The third-order valence-electron chi connectivity index (χ3n) is 5.20. The van der Waals surface area contributed by atoms with Crippen LogP contribution in [0.3, 0.4) is 0 Å². The fourth-order valence-electron chi connectivity index (χ4n) is 3.40. The van der Waals surface area contributed by atoms with Gasteiger partial charge < -0.3 is 9.94 Å². The van der Waals surface area contributed by atoms with Crippen LogP contribution in [0.15, 0.2) is 58.5 Å². The Morgan fingerprint density at radius 1 is 1.30 bits per heavy atom. The molecule has 0 bridgehead atoms. The molecule has 1 N–H and O–H groups in total. The number of sulfone groups is 1. The van der Waals surface area contributed by atoms with Gasteiger partial charge in [0.05, 0.1) is 34.3 Å². The quantitative estimate of drug-likeness (QED) is 0.460. The largest absolute Gasteiger partial charge is 0.496 e. The molecule has 7 heteroatoms. The molecule has 2 rings (SSSR count). The van der Waals surface area contributed by atoms with Crippen LogP contribution >= 0.6 is 15.9 Å². The van der Waals surface area contributed by atoms with Crippen molar-refractivity contribution in [2.24, 2.45) is 0 Å². The van der Waals surface area contributed by atoms with Crippen molar-refractivity contribution >= 4 is 25.8 Å². The summed E-state index contributed by atoms with van der Waals surface area (Å²) in [6.07, 6.45) is 12.6. The first-order chi connectivity index (χ1) is 14.2. The molecule has 1 aliphatic heterocycles. The second kappa shape index (κ2) is 12.4. The third-order valence-corrected chi connectivity index (χ3v) is 7.79. The predicted octanol–water partition coefficient (Wildman–Crippen LogP) is 6.08. The monoisotopic (exact) mass is 499 g/mol. The Morgan fingerprint density at radius 3 is 2.53 bits per heavy atom. The zero-order valence-corrected chi connectivity index (χ0v) is 20.8. The number of halogens is 1. The molecule has 0 unspecified atom stereocenters. The van der Waals surface area contributed by atoms with Gasteiger partial charge in [0, 0.05) is 6.07 Å². The molecular formula is C23H34BrNO4S. The first-order valence-electron chi connectivity index (χ1n) is 10.2. The number of hydrogen-bond donors (Lipinski definition) is 1. The zero-order valence-electron chi connectivity index (χ0n) is 18.4. The highest BCUT2D eigenvalue weighted by atomic mass is 79.9. The SMILES string of the molecule is C=C/C=C\C=C/C.CCCC[C@]1(CC)CS(=O)(=O)c2cc(OC)c(Br)cc2CN1O. The minimum absolute atomic E-state index is 0.0786. The van der Waals surface area contributed by atoms with E-state index < -0.39 is 15.4 Å². The van der Waals surface area contributed by atoms with Crippen molar-refractivity contribution in [3.8, 4) is 5.75 Å². The molecule has 1 aromatic rings. The smallest absolute Gasteiger partial charge is 0.180 e. The van der Waals surface area contributed by atoms with Gasteiger partial charge in [0.15, 0.2) is 9.84 Å². The first kappa shape index (κ1) is 26.6. The summed E-state index contributed by atoms with van der Waals surface area (Å²) in [5.74, 6) is 0.402. The summed E-state index contributed by atoms with van der Waals surface area (Å²) < 4.78 is 31.8. The van der Waals surface area contributed by atoms with E-state index in [-0.39, 0.29) is 17.2 Å². The van der Waals surface area contributed by atoms with Crippen molar-refractivity contribution in [3.05, 3.63) is 59.1 Å². The molecule has 1 aromatic carbocycles. The fraction of sp³-hybridized carbons (Fsp3) is 0.478. The lowest BCUT2D eigenvalue weighted by atomic mass is 9.91. The molecule has 1 atom stereocenters. The average Bonchev–Trinajstić information content (AvgIpc) is 2.79. The van der Waals surface area contributed by atoms with Gasteiger partial charge in [0.2, 0.25) is 0 Å². The maximum absolute atomic E-state index is 12.9. The lowest BCUT2D eigenvalue weighted by molar-refractivity contribution is -0.178. The molecule has 0 fully saturated rings. The molecule has 1 aliphatic rings. The molecule has 5 nitrogen and oxygen atoms in total. The second-order valence-corrected chi connectivity index (χ2v) is 10.1. The maximum Gasteiger partial charge on any atom is 0.180 e. The fourth-order valence-corrected chi connectivity index (χ4v) is 6.13. The number of allylic oxidation sites excluding steroid dienone is 5. The Kier molecular flexibility index (Phi) is 11.0. The van der Waals surface area contributed by atoms with Crippen LogP contribution in [0.4, 0.5) is 0 Å². The number of hydrogen-bond acceptors (Lipinski definition) is 5. The Balaban J connectivity index is 0.000000553. The highest BCUT2D eigenvalue weighted by Crippen LogP contribution is 2.39. The molecule has 30 heavy (non-hydrogen) atoms. The molecular weight excluding hydrogens is 466 g/mol. The predicted molar refractivity (Wildman–Crippen MR) is 127 cm³/mol. The number of fused-ring (bicyclic) bond motifs is 1. The van der Waals surface area contributed by atoms with Gasteiger partial charge >= 0.3 is 0 Å². The molecule has 1 heterocycles. The van der Waals surface area contributed by atoms with Crippen LogP contribution in [0.1, 0.15) is 52.0 Å². The van der Waals surface area contributed by atoms with Gasteiger partial charge in [-0.3, -0.25) is 0 Å². The average molecular weight is 500 g/mol. The van der Waals surface area contributed by atoms with Crippen molar-refractivity contribution in [1.29, 1.82) is 0 Å². The van der Waals surface area contributed by atoms with E-state index in [2.05, 4.69) is 29.4 Å². The highest BCUT2D eigenvalue weighted by molar-refractivity contribution is 9.10. The van der Waals surface area contributed by atoms with E-state index >= 15 is 0 Å². The van der Waals surface area contributed by atoms with Crippen molar-refractivity contribution in [2.75, 3.05) is 12.9 Å². The minimum atomic E-state index is -3.51. The highest BCUT2D eigenvalue weighted by Gasteiger charge is 2.43. The van der Waals surface area contributed by atoms with Crippen molar-refractivity contribution in [2.45, 2.75) is 63.4 Å². The maximum atomic E-state index is 12.9. The van der Waals surface area contributed by atoms with Crippen molar-refractivity contribution in [1.82, 2.24) is 5.06 Å². The second-order valence-electron chi connectivity index (χ2n) is 7.24. The Bertz CT molecular complexity index is 864. The zero-order chi connectivity index (χ0) is 22.8. The molecule has 0 saturated carbocycles. The summed E-state index contributed by atoms with van der Waals surface area (Å²) >= 11 is 3.39. The number of hydroxylamine groups is 2. The van der Waals surface area contributed by atoms with Crippen LogP contribution in [0.2, 0.25) is 0 Å². The number of ether oxygens (including phenoxy) is 1. The molecule has 0 aromatic heterocycles. The van der Waals surface area contributed by atoms with Crippen molar-refractivity contribution in [3.63, 3.8) is 0 Å². The normalized spacial score (nSPS) is 21.0. The van der Waals surface area contributed by atoms with E-state index in [1.165, 1.54) is 12.2 Å². The number of unbranched alkanes of at least 4 members (excludes halogenated alkanes) is 1. The molecule has 0 radical (unpaired) electrons. The van der Waals surface area contributed by atoms with E-state index in [4.69, 9.17) is 4.74 Å². The lowest BCUT2D eigenvalue weighted by Gasteiger charge is -2.37. The van der Waals surface area contributed by atoms with Gasteiger partial charge in [-0.05, 0) is 47.3 Å². The van der Waals surface area contributed by atoms with Gasteiger partial charge in [-0.2, -0.15) is 5.06 Å². The summed E-state index contributed by atoms with van der Waals surface area (Å²) in [5, 5.41) is 11.9. The first-order valence-corrected chi connectivity index (χ1v) is 12.6. The molecule has 0 saturated heterocycles. The number of methoxy groups -OCH3 is 1. The van der Waals surface area contributed by atoms with E-state index in [0.717, 1.165) is 12.8 Å². The number of nitrogens with zero attached hydrogens (tertiary/aromatic N) is 1. The Morgan fingerprint density at radius 2 is 2.00 bits per heavy atom. The molecule has 0 amide bonds. The van der Waals surface area contributed by atoms with Gasteiger partial charge in [-0.1, -0.05) is 63.6 Å². The van der Waals surface area contributed by atoms with Gasteiger partial charge in [-0.15, -0.1) is 0 Å². The van der Waals surface area contributed by atoms with E-state index in [0.29, 0.717) is 28.6 Å². The van der Waals surface area contributed by atoms with E-state index in [9.17, 15) is 13.6 Å². The van der Waals surface area contributed by atoms with Gasteiger partial charge in [0.25, 0.3) is 0 Å². The molecule has 168 valence electrons. The van der Waals surface area contributed by atoms with E-state index in [1.54, 1.807) is 18.2 Å². The Labute approximate surface area is 190 Å². The van der Waals surface area contributed by atoms with Crippen LogP contribution in [0.5, 0.6) is 5.75 Å². The van der Waals surface area contributed by atoms with Crippen LogP contribution in [0.25, 0.3) is 0 Å². The molecule has 0 aliphatic carbocycles. The summed E-state index contributed by atoms with van der Waals surface area (Å²) in [6.45, 7) is 9.67. The summed E-state index contributed by atoms with van der Waals surface area (Å²) in [5.41, 5.74) is -0.153. The summed E-state index contributed by atoms with van der Waals surface area (Å²) in [4.78, 5) is 0.253. The van der Waals surface area contributed by atoms with E-state index in [1.807, 2.05) is 38.2 Å². The van der Waals surface area contributed by atoms with Crippen LogP contribution in [-0.4, -0.2) is 37.1 Å². The number of benzene rings is 1. The lowest BCUT2D eigenvalue weighted by Crippen LogP contribution is -2.49. The topological polar surface area (TPSA) is 66.8 Å². The van der Waals surface area contributed by atoms with Crippen LogP contribution in [0, 0.1) is 0 Å². The minimum Gasteiger partial charge on any atom is -0.496 e. The summed E-state index contributed by atoms with van der Waals surface area (Å²) in [6, 6.07) is 3.27. The van der Waals surface area contributed by atoms with Gasteiger partial charge in [-0.25, -0.2) is 8.42 Å². The van der Waals surface area contributed by atoms with Gasteiger partial charge in [0.1, 0.15) is 5.75 Å². The molecule has 0 spiro atoms. The standard InChI is InChI=1S/C16H24BrNO4S.C7H10/c1-4-6-7-16(5-2)11-23(20,21)15-9-14(22-3)13(17)8-12(15)10-18(16)19;1-3-5-7-6-4-2/h8-9,19H,4-7,10-11H2,1-3H3;3-7H,1H2,2H3/b;6-4-,7-5-/t16-;/m1./s1.